The molecule has 4 nitrogen and oxygen atoms in total. The number of hydrogen-bond acceptors (Lipinski definition) is 4. The summed E-state index contributed by atoms with van der Waals surface area (Å²) in [6.45, 7) is 0. The highest BCUT2D eigenvalue weighted by atomic mass is 35.5. The number of nitrogen functional groups attached to an aromatic ring is 1. The fourth-order valence-corrected chi connectivity index (χ4v) is 0.598. The number of aromatic nitrogens is 2. The molecule has 0 aromatic carbocycles. The van der Waals surface area contributed by atoms with Gasteiger partial charge in [-0.1, -0.05) is 0 Å². The summed E-state index contributed by atoms with van der Waals surface area (Å²) in [6, 6.07) is 1.81. The van der Waals surface area contributed by atoms with E-state index in [9.17, 15) is 0 Å². The van der Waals surface area contributed by atoms with E-state index in [0.717, 1.165) is 0 Å². The van der Waals surface area contributed by atoms with Crippen LogP contribution >= 0.6 is 24.0 Å². The van der Waals surface area contributed by atoms with Gasteiger partial charge in [-0.05, 0) is 11.6 Å². The SMILES string of the molecule is Cl.N#Cc1cnc(Cl)nc1N. The van der Waals surface area contributed by atoms with Crippen LogP contribution in [0.5, 0.6) is 0 Å². The second-order valence-corrected chi connectivity index (χ2v) is 1.89. The van der Waals surface area contributed by atoms with Crippen LogP contribution in [0, 0.1) is 11.3 Å². The normalized spacial score (nSPS) is 8.00. The van der Waals surface area contributed by atoms with Crippen LogP contribution in [0.25, 0.3) is 0 Å². The Morgan fingerprint density at radius 1 is 1.64 bits per heavy atom. The van der Waals surface area contributed by atoms with Crippen LogP contribution in [-0.4, -0.2) is 9.97 Å². The third kappa shape index (κ3) is 2.22. The molecule has 11 heavy (non-hydrogen) atoms. The van der Waals surface area contributed by atoms with Crippen molar-refractivity contribution in [1.82, 2.24) is 9.97 Å². The fourth-order valence-electron chi connectivity index (χ4n) is 0.459. The molecule has 0 saturated heterocycles. The molecule has 58 valence electrons. The lowest BCUT2D eigenvalue weighted by Gasteiger charge is -1.92. The molecule has 1 heterocycles. The number of rotatable bonds is 0. The average Bonchev–Trinajstić information content (AvgIpc) is 1.88. The molecule has 1 aromatic heterocycles. The number of halogens is 2. The van der Waals surface area contributed by atoms with Gasteiger partial charge in [0.1, 0.15) is 17.5 Å². The van der Waals surface area contributed by atoms with Crippen molar-refractivity contribution in [3.8, 4) is 6.07 Å². The molecule has 6 heteroatoms. The maximum Gasteiger partial charge on any atom is 0.224 e. The summed E-state index contributed by atoms with van der Waals surface area (Å²) in [4.78, 5) is 7.12. The fraction of sp³-hybridized carbons (Fsp3) is 0. The van der Waals surface area contributed by atoms with Gasteiger partial charge in [-0.2, -0.15) is 10.2 Å². The minimum absolute atomic E-state index is 0. The Balaban J connectivity index is 0.000001000. The van der Waals surface area contributed by atoms with Crippen LogP contribution in [-0.2, 0) is 0 Å². The van der Waals surface area contributed by atoms with E-state index in [-0.39, 0.29) is 29.1 Å². The second kappa shape index (κ2) is 3.96. The maximum absolute atomic E-state index is 8.36. The molecule has 0 radical (unpaired) electrons. The van der Waals surface area contributed by atoms with E-state index in [1.807, 2.05) is 6.07 Å². The lowest BCUT2D eigenvalue weighted by atomic mass is 10.3. The first-order valence-electron chi connectivity index (χ1n) is 2.42. The van der Waals surface area contributed by atoms with Crippen molar-refractivity contribution in [2.75, 3.05) is 5.73 Å². The Hall–Kier alpha value is -1.05. The molecule has 0 saturated carbocycles. The predicted octanol–water partition coefficient (Wildman–Crippen LogP) is 1.01. The molecule has 2 N–H and O–H groups in total. The first-order valence-corrected chi connectivity index (χ1v) is 2.80. The van der Waals surface area contributed by atoms with Gasteiger partial charge in [0.2, 0.25) is 5.28 Å². The van der Waals surface area contributed by atoms with E-state index in [1.165, 1.54) is 6.20 Å². The molecular weight excluding hydrogens is 187 g/mol. The quantitative estimate of drug-likeness (QED) is 0.620. The molecule has 0 spiro atoms. The van der Waals surface area contributed by atoms with Crippen molar-refractivity contribution in [1.29, 1.82) is 5.26 Å². The monoisotopic (exact) mass is 190 g/mol. The Bertz CT molecular complexity index is 293. The molecule has 0 aliphatic rings. The molecule has 0 bridgehead atoms. The van der Waals surface area contributed by atoms with Crippen molar-refractivity contribution in [2.45, 2.75) is 0 Å². The van der Waals surface area contributed by atoms with Gasteiger partial charge in [-0.25, -0.2) is 4.98 Å². The molecular formula is C5H4Cl2N4. The molecule has 0 aliphatic heterocycles. The van der Waals surface area contributed by atoms with E-state index in [4.69, 9.17) is 22.6 Å². The minimum Gasteiger partial charge on any atom is -0.382 e. The van der Waals surface area contributed by atoms with Gasteiger partial charge in [-0.3, -0.25) is 0 Å². The van der Waals surface area contributed by atoms with Gasteiger partial charge < -0.3 is 5.73 Å². The first-order chi connectivity index (χ1) is 4.74. The summed E-state index contributed by atoms with van der Waals surface area (Å²) >= 11 is 5.36. The zero-order valence-corrected chi connectivity index (χ0v) is 6.85. The zero-order valence-electron chi connectivity index (χ0n) is 5.28. The van der Waals surface area contributed by atoms with Gasteiger partial charge in [-0.15, -0.1) is 12.4 Å². The number of anilines is 1. The Labute approximate surface area is 74.4 Å². The van der Waals surface area contributed by atoms with Crippen LogP contribution in [0.1, 0.15) is 5.56 Å². The van der Waals surface area contributed by atoms with E-state index >= 15 is 0 Å². The first kappa shape index (κ1) is 9.95. The average molecular weight is 191 g/mol. The van der Waals surface area contributed by atoms with Gasteiger partial charge >= 0.3 is 0 Å². The maximum atomic E-state index is 8.36. The van der Waals surface area contributed by atoms with Crippen molar-refractivity contribution < 1.29 is 0 Å². The topological polar surface area (TPSA) is 75.6 Å². The molecule has 0 fully saturated rings. The van der Waals surface area contributed by atoms with Crippen LogP contribution in [0.2, 0.25) is 5.28 Å². The summed E-state index contributed by atoms with van der Waals surface area (Å²) in [5, 5.41) is 8.41. The highest BCUT2D eigenvalue weighted by Gasteiger charge is 1.99. The lowest BCUT2D eigenvalue weighted by molar-refractivity contribution is 1.16. The van der Waals surface area contributed by atoms with Gasteiger partial charge in [0.05, 0.1) is 6.20 Å². The zero-order chi connectivity index (χ0) is 7.56. The third-order valence-electron chi connectivity index (χ3n) is 0.909. The van der Waals surface area contributed by atoms with E-state index in [2.05, 4.69) is 9.97 Å². The molecule has 0 amide bonds. The van der Waals surface area contributed by atoms with Gasteiger partial charge in [0.25, 0.3) is 0 Å². The van der Waals surface area contributed by atoms with E-state index in [0.29, 0.717) is 0 Å². The van der Waals surface area contributed by atoms with Crippen molar-refractivity contribution in [3.63, 3.8) is 0 Å². The second-order valence-electron chi connectivity index (χ2n) is 1.55. The lowest BCUT2D eigenvalue weighted by Crippen LogP contribution is -1.95. The van der Waals surface area contributed by atoms with Gasteiger partial charge in [0.15, 0.2) is 0 Å². The highest BCUT2D eigenvalue weighted by molar-refractivity contribution is 6.28. The summed E-state index contributed by atoms with van der Waals surface area (Å²) in [6.07, 6.45) is 1.28. The van der Waals surface area contributed by atoms with Crippen molar-refractivity contribution >= 4 is 29.8 Å². The Morgan fingerprint density at radius 3 is 2.73 bits per heavy atom. The molecule has 0 atom stereocenters. The molecule has 0 aliphatic carbocycles. The summed E-state index contributed by atoms with van der Waals surface area (Å²) in [7, 11) is 0. The van der Waals surface area contributed by atoms with Crippen molar-refractivity contribution in [3.05, 3.63) is 17.0 Å². The van der Waals surface area contributed by atoms with E-state index < -0.39 is 0 Å². The van der Waals surface area contributed by atoms with Crippen LogP contribution in [0.4, 0.5) is 5.82 Å². The summed E-state index contributed by atoms with van der Waals surface area (Å²) in [5.74, 6) is 0.113. The number of nitriles is 1. The molecule has 1 rings (SSSR count). The summed E-state index contributed by atoms with van der Waals surface area (Å²) in [5.41, 5.74) is 5.51. The van der Waals surface area contributed by atoms with E-state index in [1.54, 1.807) is 0 Å². The number of hydrogen-bond donors (Lipinski definition) is 1. The minimum atomic E-state index is 0. The van der Waals surface area contributed by atoms with Crippen molar-refractivity contribution in [2.24, 2.45) is 0 Å². The van der Waals surface area contributed by atoms with Crippen LogP contribution in [0.15, 0.2) is 6.20 Å². The predicted molar refractivity (Wildman–Crippen MR) is 43.4 cm³/mol. The van der Waals surface area contributed by atoms with Crippen LogP contribution < -0.4 is 5.73 Å². The standard InChI is InChI=1S/C5H3ClN4.ClH/c6-5-9-2-3(1-7)4(8)10-5;/h2H,(H2,8,9,10);1H. The highest BCUT2D eigenvalue weighted by Crippen LogP contribution is 2.07. The number of nitrogens with zero attached hydrogens (tertiary/aromatic N) is 3. The Kier molecular flexibility index (Phi) is 3.58. The smallest absolute Gasteiger partial charge is 0.224 e. The Morgan fingerprint density at radius 2 is 2.27 bits per heavy atom. The molecule has 1 aromatic rings. The number of nitrogens with two attached hydrogens (primary N) is 1. The third-order valence-corrected chi connectivity index (χ3v) is 1.09. The van der Waals surface area contributed by atoms with Crippen LogP contribution in [0.3, 0.4) is 0 Å². The van der Waals surface area contributed by atoms with Gasteiger partial charge in [0, 0.05) is 0 Å². The molecule has 0 unspecified atom stereocenters. The summed E-state index contributed by atoms with van der Waals surface area (Å²) < 4.78 is 0. The largest absolute Gasteiger partial charge is 0.382 e.